The Morgan fingerprint density at radius 1 is 1.11 bits per heavy atom. The topological polar surface area (TPSA) is 118 Å². The highest BCUT2D eigenvalue weighted by Gasteiger charge is 2.34. The van der Waals surface area contributed by atoms with Gasteiger partial charge in [0, 0.05) is 32.4 Å². The zero-order valence-electron chi connectivity index (χ0n) is 23.9. The number of benzene rings is 3. The number of methoxy groups -OCH3 is 1. The van der Waals surface area contributed by atoms with Crippen LogP contribution in [0.3, 0.4) is 0 Å². The first-order chi connectivity index (χ1) is 21.0. The lowest BCUT2D eigenvalue weighted by Crippen LogP contribution is -2.47. The number of amides is 2. The van der Waals surface area contributed by atoms with E-state index in [0.717, 1.165) is 18.2 Å². The van der Waals surface area contributed by atoms with E-state index in [1.807, 2.05) is 0 Å². The van der Waals surface area contributed by atoms with Crippen molar-refractivity contribution in [2.45, 2.75) is 19.6 Å². The van der Waals surface area contributed by atoms with Gasteiger partial charge in [-0.05, 0) is 54.4 Å². The van der Waals surface area contributed by atoms with E-state index >= 15 is 0 Å². The standard InChI is InChI=1S/C30H28F4N6O4/c1-16-8-22(31)19(10-25(16)44-29-20-11-26(43-3)24(35-2)12-23(20)37-15-38-29)28(42)39-18-5-4-17(21(9-18)30(32,33)34)13-40-7-6-36-27(41)14-40/h4-5,8-12,15,35H,6-7,13-14H2,1-3H3,(H,36,41)(H,39,42). The first-order valence-electron chi connectivity index (χ1n) is 13.5. The van der Waals surface area contributed by atoms with Gasteiger partial charge in [-0.25, -0.2) is 14.4 Å². The molecule has 44 heavy (non-hydrogen) atoms. The summed E-state index contributed by atoms with van der Waals surface area (Å²) in [6.45, 7) is 2.17. The molecule has 1 fully saturated rings. The molecule has 1 saturated heterocycles. The Morgan fingerprint density at radius 3 is 2.61 bits per heavy atom. The van der Waals surface area contributed by atoms with Gasteiger partial charge >= 0.3 is 6.18 Å². The van der Waals surface area contributed by atoms with Crippen molar-refractivity contribution in [3.8, 4) is 17.4 Å². The number of hydrogen-bond donors (Lipinski definition) is 3. The average Bonchev–Trinajstić information content (AvgIpc) is 2.98. The highest BCUT2D eigenvalue weighted by Crippen LogP contribution is 2.37. The molecule has 1 aromatic heterocycles. The summed E-state index contributed by atoms with van der Waals surface area (Å²) in [5.74, 6) is -1.42. The van der Waals surface area contributed by atoms with Crippen molar-refractivity contribution in [1.29, 1.82) is 0 Å². The van der Waals surface area contributed by atoms with Crippen LogP contribution < -0.4 is 25.4 Å². The summed E-state index contributed by atoms with van der Waals surface area (Å²) in [7, 11) is 3.23. The minimum absolute atomic E-state index is 0.0256. The summed E-state index contributed by atoms with van der Waals surface area (Å²) < 4.78 is 68.3. The minimum Gasteiger partial charge on any atom is -0.495 e. The van der Waals surface area contributed by atoms with Gasteiger partial charge in [0.15, 0.2) is 0 Å². The van der Waals surface area contributed by atoms with Crippen LogP contribution in [-0.2, 0) is 17.5 Å². The fraction of sp³-hybridized carbons (Fsp3) is 0.267. The van der Waals surface area contributed by atoms with Gasteiger partial charge in [0.05, 0.1) is 41.4 Å². The van der Waals surface area contributed by atoms with Gasteiger partial charge in [-0.3, -0.25) is 14.5 Å². The number of aromatic nitrogens is 2. The second-order valence-electron chi connectivity index (χ2n) is 10.1. The molecule has 10 nitrogen and oxygen atoms in total. The fourth-order valence-corrected chi connectivity index (χ4v) is 4.87. The van der Waals surface area contributed by atoms with Crippen LogP contribution in [0.5, 0.6) is 17.4 Å². The molecule has 4 aromatic rings. The van der Waals surface area contributed by atoms with Crippen LogP contribution in [0.15, 0.2) is 48.8 Å². The fourth-order valence-electron chi connectivity index (χ4n) is 4.87. The van der Waals surface area contributed by atoms with Crippen LogP contribution in [0.4, 0.5) is 28.9 Å². The molecule has 0 spiro atoms. The Kier molecular flexibility index (Phi) is 8.54. The van der Waals surface area contributed by atoms with Gasteiger partial charge in [0.25, 0.3) is 5.91 Å². The zero-order valence-corrected chi connectivity index (χ0v) is 23.9. The van der Waals surface area contributed by atoms with Crippen LogP contribution >= 0.6 is 0 Å². The van der Waals surface area contributed by atoms with Gasteiger partial charge in [-0.15, -0.1) is 0 Å². The van der Waals surface area contributed by atoms with Crippen LogP contribution in [0.2, 0.25) is 0 Å². The summed E-state index contributed by atoms with van der Waals surface area (Å²) in [5.41, 5.74) is -0.0949. The lowest BCUT2D eigenvalue weighted by Gasteiger charge is -2.27. The smallest absolute Gasteiger partial charge is 0.416 e. The Hall–Kier alpha value is -4.98. The van der Waals surface area contributed by atoms with Crippen molar-refractivity contribution in [3.63, 3.8) is 0 Å². The molecule has 2 heterocycles. The molecule has 3 aromatic carbocycles. The first-order valence-corrected chi connectivity index (χ1v) is 13.5. The molecular weight excluding hydrogens is 584 g/mol. The highest BCUT2D eigenvalue weighted by atomic mass is 19.4. The van der Waals surface area contributed by atoms with Gasteiger partial charge < -0.3 is 25.4 Å². The largest absolute Gasteiger partial charge is 0.495 e. The van der Waals surface area contributed by atoms with Crippen LogP contribution in [0, 0.1) is 12.7 Å². The maximum Gasteiger partial charge on any atom is 0.416 e. The second-order valence-corrected chi connectivity index (χ2v) is 10.1. The summed E-state index contributed by atoms with van der Waals surface area (Å²) in [5, 5.41) is 8.48. The molecular formula is C30H28F4N6O4. The van der Waals surface area contributed by atoms with E-state index in [1.165, 1.54) is 25.6 Å². The van der Waals surface area contributed by atoms with E-state index < -0.39 is 29.0 Å². The normalized spacial score (nSPS) is 13.8. The highest BCUT2D eigenvalue weighted by molar-refractivity contribution is 6.05. The van der Waals surface area contributed by atoms with E-state index in [4.69, 9.17) is 9.47 Å². The van der Waals surface area contributed by atoms with Crippen molar-refractivity contribution < 1.29 is 36.6 Å². The van der Waals surface area contributed by atoms with Crippen molar-refractivity contribution in [2.75, 3.05) is 44.4 Å². The predicted octanol–water partition coefficient (Wildman–Crippen LogP) is 5.12. The number of carbonyl (C=O) groups is 2. The summed E-state index contributed by atoms with van der Waals surface area (Å²) in [6.07, 6.45) is -3.45. The number of rotatable bonds is 8. The molecule has 2 amide bonds. The average molecular weight is 613 g/mol. The van der Waals surface area contributed by atoms with E-state index in [1.54, 1.807) is 31.0 Å². The number of ether oxygens (including phenoxy) is 2. The van der Waals surface area contributed by atoms with E-state index in [0.29, 0.717) is 41.0 Å². The maximum absolute atomic E-state index is 15.0. The quantitative estimate of drug-likeness (QED) is 0.235. The molecule has 0 unspecified atom stereocenters. The molecule has 1 aliphatic rings. The summed E-state index contributed by atoms with van der Waals surface area (Å²) >= 11 is 0. The summed E-state index contributed by atoms with van der Waals surface area (Å²) in [4.78, 5) is 34.8. The number of fused-ring (bicyclic) bond motifs is 1. The third-order valence-corrected chi connectivity index (χ3v) is 7.09. The molecule has 5 rings (SSSR count). The van der Waals surface area contributed by atoms with Crippen molar-refractivity contribution >= 4 is 34.1 Å². The van der Waals surface area contributed by atoms with Crippen LogP contribution in [-0.4, -0.2) is 60.5 Å². The molecule has 0 radical (unpaired) electrons. The molecule has 0 aliphatic carbocycles. The molecule has 230 valence electrons. The Bertz CT molecular complexity index is 1750. The van der Waals surface area contributed by atoms with Gasteiger partial charge in [0.1, 0.15) is 23.6 Å². The van der Waals surface area contributed by atoms with Crippen molar-refractivity contribution in [3.05, 3.63) is 76.9 Å². The third-order valence-electron chi connectivity index (χ3n) is 7.09. The number of nitrogens with zero attached hydrogens (tertiary/aromatic N) is 3. The lowest BCUT2D eigenvalue weighted by molar-refractivity contribution is -0.138. The number of aryl methyl sites for hydroxylation is 1. The molecule has 3 N–H and O–H groups in total. The number of halogens is 4. The van der Waals surface area contributed by atoms with Gasteiger partial charge in [-0.1, -0.05) is 6.07 Å². The van der Waals surface area contributed by atoms with Crippen molar-refractivity contribution in [2.24, 2.45) is 0 Å². The first kappa shape index (κ1) is 30.5. The number of hydrogen-bond acceptors (Lipinski definition) is 8. The Labute approximate surface area is 249 Å². The second kappa shape index (κ2) is 12.3. The molecule has 14 heteroatoms. The SMILES string of the molecule is CNc1cc2ncnc(Oc3cc(C(=O)Nc4ccc(CN5CCNC(=O)C5)c(C(F)(F)F)c4)c(F)cc3C)c2cc1OC. The third kappa shape index (κ3) is 6.49. The molecule has 0 saturated carbocycles. The zero-order chi connectivity index (χ0) is 31.6. The lowest BCUT2D eigenvalue weighted by atomic mass is 10.0. The van der Waals surface area contributed by atoms with Crippen LogP contribution in [0.25, 0.3) is 10.9 Å². The number of alkyl halides is 3. The minimum atomic E-state index is -4.73. The molecule has 0 atom stereocenters. The molecule has 1 aliphatic heterocycles. The number of piperazine rings is 1. The predicted molar refractivity (Wildman–Crippen MR) is 155 cm³/mol. The van der Waals surface area contributed by atoms with Gasteiger partial charge in [0.2, 0.25) is 11.8 Å². The summed E-state index contributed by atoms with van der Waals surface area (Å²) in [6, 6.07) is 8.99. The Balaban J connectivity index is 1.41. The number of anilines is 2. The van der Waals surface area contributed by atoms with Crippen molar-refractivity contribution in [1.82, 2.24) is 20.2 Å². The van der Waals surface area contributed by atoms with E-state index in [2.05, 4.69) is 25.9 Å². The molecule has 0 bridgehead atoms. The van der Waals surface area contributed by atoms with Crippen LogP contribution in [0.1, 0.15) is 27.0 Å². The monoisotopic (exact) mass is 612 g/mol. The Morgan fingerprint density at radius 2 is 1.91 bits per heavy atom. The van der Waals surface area contributed by atoms with Gasteiger partial charge in [-0.2, -0.15) is 13.2 Å². The number of nitrogens with one attached hydrogen (secondary N) is 3. The number of carbonyl (C=O) groups excluding carboxylic acids is 2. The van der Waals surface area contributed by atoms with E-state index in [-0.39, 0.29) is 41.9 Å². The van der Waals surface area contributed by atoms with E-state index in [9.17, 15) is 27.2 Å². The maximum atomic E-state index is 15.0.